The van der Waals surface area contributed by atoms with Gasteiger partial charge in [-0.25, -0.2) is 9.97 Å². The fraction of sp³-hybridized carbons (Fsp3) is 0.625. The molecule has 0 bridgehead atoms. The Hall–Kier alpha value is -1.62. The van der Waals surface area contributed by atoms with Gasteiger partial charge in [-0.2, -0.15) is 0 Å². The van der Waals surface area contributed by atoms with Crippen molar-refractivity contribution in [1.29, 1.82) is 0 Å². The fourth-order valence-corrected chi connectivity index (χ4v) is 2.45. The minimum atomic E-state index is 0.512. The molecule has 0 atom stereocenters. The van der Waals surface area contributed by atoms with Crippen molar-refractivity contribution in [1.82, 2.24) is 14.9 Å². The number of hydrogen-bond donors (Lipinski definition) is 1. The van der Waals surface area contributed by atoms with Crippen molar-refractivity contribution in [3.63, 3.8) is 0 Å². The third-order valence-corrected chi connectivity index (χ3v) is 3.81. The van der Waals surface area contributed by atoms with E-state index in [1.807, 2.05) is 25.1 Å². The van der Waals surface area contributed by atoms with E-state index in [2.05, 4.69) is 40.1 Å². The quantitative estimate of drug-likeness (QED) is 0.843. The molecule has 1 aromatic heterocycles. The molecule has 1 saturated heterocycles. The summed E-state index contributed by atoms with van der Waals surface area (Å²) in [6, 6.07) is 2.52. The number of rotatable bonds is 5. The minimum Gasteiger partial charge on any atom is -0.367 e. The Morgan fingerprint density at radius 3 is 2.67 bits per heavy atom. The maximum absolute atomic E-state index is 4.32. The first kappa shape index (κ1) is 15.8. The fourth-order valence-electron chi connectivity index (χ4n) is 2.45. The summed E-state index contributed by atoms with van der Waals surface area (Å²) in [4.78, 5) is 13.1. The molecular weight excluding hydrogens is 262 g/mol. The molecule has 0 aromatic carbocycles. The first-order valence-corrected chi connectivity index (χ1v) is 7.66. The lowest BCUT2D eigenvalue weighted by Crippen LogP contribution is -2.39. The lowest BCUT2D eigenvalue weighted by Gasteiger charge is -2.32. The topological polar surface area (TPSA) is 44.3 Å². The lowest BCUT2D eigenvalue weighted by molar-refractivity contribution is 0.239. The number of piperidine rings is 1. The first-order chi connectivity index (χ1) is 10.0. The second kappa shape index (κ2) is 7.41. The van der Waals surface area contributed by atoms with Crippen molar-refractivity contribution in [2.24, 2.45) is 0 Å². The summed E-state index contributed by atoms with van der Waals surface area (Å²) < 4.78 is 0. The summed E-state index contributed by atoms with van der Waals surface area (Å²) in [6.07, 6.45) is 6.26. The summed E-state index contributed by atoms with van der Waals surface area (Å²) in [5.41, 5.74) is 1.40. The molecule has 1 aliphatic rings. The average Bonchev–Trinajstić information content (AvgIpc) is 2.47. The van der Waals surface area contributed by atoms with Crippen LogP contribution in [0.2, 0.25) is 0 Å². The normalized spacial score (nSPS) is 16.6. The highest BCUT2D eigenvalue weighted by molar-refractivity contribution is 5.47. The van der Waals surface area contributed by atoms with Crippen LogP contribution in [-0.2, 0) is 0 Å². The third-order valence-electron chi connectivity index (χ3n) is 3.81. The maximum Gasteiger partial charge on any atom is 0.133 e. The van der Waals surface area contributed by atoms with Gasteiger partial charge in [0.2, 0.25) is 0 Å². The van der Waals surface area contributed by atoms with Crippen LogP contribution in [-0.4, -0.2) is 54.6 Å². The zero-order chi connectivity index (χ0) is 15.2. The Bertz CT molecular complexity index is 471. The zero-order valence-electron chi connectivity index (χ0n) is 13.6. The van der Waals surface area contributed by atoms with Gasteiger partial charge in [-0.1, -0.05) is 11.6 Å². The van der Waals surface area contributed by atoms with Crippen molar-refractivity contribution in [3.05, 3.63) is 24.0 Å². The molecule has 0 radical (unpaired) electrons. The van der Waals surface area contributed by atoms with Crippen LogP contribution in [0, 0.1) is 0 Å². The van der Waals surface area contributed by atoms with Gasteiger partial charge in [0, 0.05) is 45.8 Å². The minimum absolute atomic E-state index is 0.512. The van der Waals surface area contributed by atoms with Gasteiger partial charge in [-0.3, -0.25) is 4.90 Å². The number of likely N-dealkylation sites (tertiary alicyclic amines) is 1. The van der Waals surface area contributed by atoms with Gasteiger partial charge in [0.15, 0.2) is 0 Å². The molecule has 21 heavy (non-hydrogen) atoms. The van der Waals surface area contributed by atoms with Gasteiger partial charge < -0.3 is 10.2 Å². The van der Waals surface area contributed by atoms with Crippen LogP contribution in [0.5, 0.6) is 0 Å². The van der Waals surface area contributed by atoms with Crippen molar-refractivity contribution >= 4 is 11.6 Å². The van der Waals surface area contributed by atoms with Crippen molar-refractivity contribution in [3.8, 4) is 0 Å². The predicted octanol–water partition coefficient (Wildman–Crippen LogP) is 2.39. The highest BCUT2D eigenvalue weighted by Gasteiger charge is 2.18. The summed E-state index contributed by atoms with van der Waals surface area (Å²) in [7, 11) is 3.99. The number of nitrogens with one attached hydrogen (secondary N) is 1. The second-order valence-corrected chi connectivity index (χ2v) is 6.16. The zero-order valence-corrected chi connectivity index (χ0v) is 13.6. The van der Waals surface area contributed by atoms with Gasteiger partial charge in [0.1, 0.15) is 18.0 Å². The van der Waals surface area contributed by atoms with Crippen LogP contribution >= 0.6 is 0 Å². The van der Waals surface area contributed by atoms with Crippen LogP contribution < -0.4 is 10.2 Å². The number of allylic oxidation sites excluding steroid dienone is 1. The van der Waals surface area contributed by atoms with E-state index in [0.29, 0.717) is 6.04 Å². The van der Waals surface area contributed by atoms with Crippen LogP contribution in [0.3, 0.4) is 0 Å². The lowest BCUT2D eigenvalue weighted by atomic mass is 10.0. The highest BCUT2D eigenvalue weighted by Crippen LogP contribution is 2.17. The molecule has 2 rings (SSSR count). The molecule has 5 nitrogen and oxygen atoms in total. The van der Waals surface area contributed by atoms with Crippen molar-refractivity contribution < 1.29 is 0 Å². The molecule has 2 heterocycles. The number of anilines is 2. The molecule has 0 saturated carbocycles. The molecule has 0 amide bonds. The van der Waals surface area contributed by atoms with Gasteiger partial charge in [-0.15, -0.1) is 0 Å². The van der Waals surface area contributed by atoms with E-state index in [0.717, 1.165) is 44.1 Å². The van der Waals surface area contributed by atoms with Crippen LogP contribution in [0.15, 0.2) is 24.0 Å². The van der Waals surface area contributed by atoms with E-state index in [1.165, 1.54) is 5.57 Å². The molecule has 1 aliphatic heterocycles. The molecule has 0 spiro atoms. The molecule has 1 fully saturated rings. The van der Waals surface area contributed by atoms with Gasteiger partial charge in [-0.05, 0) is 26.7 Å². The van der Waals surface area contributed by atoms with E-state index in [4.69, 9.17) is 0 Å². The molecule has 1 aromatic rings. The largest absolute Gasteiger partial charge is 0.367 e. The van der Waals surface area contributed by atoms with E-state index in [9.17, 15) is 0 Å². The van der Waals surface area contributed by atoms with E-state index < -0.39 is 0 Å². The van der Waals surface area contributed by atoms with Crippen molar-refractivity contribution in [2.45, 2.75) is 32.7 Å². The average molecular weight is 289 g/mol. The highest BCUT2D eigenvalue weighted by atomic mass is 15.2. The molecule has 116 valence electrons. The Labute approximate surface area is 128 Å². The van der Waals surface area contributed by atoms with Crippen LogP contribution in [0.25, 0.3) is 0 Å². The van der Waals surface area contributed by atoms with Crippen LogP contribution in [0.1, 0.15) is 26.7 Å². The number of aromatic nitrogens is 2. The first-order valence-electron chi connectivity index (χ1n) is 7.66. The summed E-state index contributed by atoms with van der Waals surface area (Å²) in [5.74, 6) is 1.87. The smallest absolute Gasteiger partial charge is 0.133 e. The number of hydrogen-bond acceptors (Lipinski definition) is 5. The van der Waals surface area contributed by atoms with E-state index in [-0.39, 0.29) is 0 Å². The van der Waals surface area contributed by atoms with Gasteiger partial charge >= 0.3 is 0 Å². The van der Waals surface area contributed by atoms with Gasteiger partial charge in [0.05, 0.1) is 0 Å². The monoisotopic (exact) mass is 289 g/mol. The Kier molecular flexibility index (Phi) is 5.56. The summed E-state index contributed by atoms with van der Waals surface area (Å²) in [5, 5.41) is 3.54. The SMILES string of the molecule is CC(C)=CCN1CCC(Nc2cc(N(C)C)ncn2)CC1. The Morgan fingerprint density at radius 2 is 2.05 bits per heavy atom. The molecule has 5 heteroatoms. The van der Waals surface area contributed by atoms with Crippen molar-refractivity contribution in [2.75, 3.05) is 43.9 Å². The Balaban J connectivity index is 1.83. The number of nitrogens with zero attached hydrogens (tertiary/aromatic N) is 4. The summed E-state index contributed by atoms with van der Waals surface area (Å²) in [6.45, 7) is 7.69. The third kappa shape index (κ3) is 5.01. The van der Waals surface area contributed by atoms with E-state index in [1.54, 1.807) is 6.33 Å². The second-order valence-electron chi connectivity index (χ2n) is 6.16. The molecular formula is C16H27N5. The summed E-state index contributed by atoms with van der Waals surface area (Å²) >= 11 is 0. The van der Waals surface area contributed by atoms with Crippen LogP contribution in [0.4, 0.5) is 11.6 Å². The maximum atomic E-state index is 4.32. The van der Waals surface area contributed by atoms with E-state index >= 15 is 0 Å². The Morgan fingerprint density at radius 1 is 1.33 bits per heavy atom. The standard InChI is InChI=1S/C16H27N5/c1-13(2)5-8-21-9-6-14(7-10-21)19-15-11-16(20(3)4)18-12-17-15/h5,11-12,14H,6-10H2,1-4H3,(H,17,18,19). The molecule has 1 N–H and O–H groups in total. The predicted molar refractivity (Wildman–Crippen MR) is 88.9 cm³/mol. The van der Waals surface area contributed by atoms with Gasteiger partial charge in [0.25, 0.3) is 0 Å². The molecule has 0 unspecified atom stereocenters. The molecule has 0 aliphatic carbocycles.